The number of amides is 1. The Kier molecular flexibility index (Phi) is 5.60. The minimum absolute atomic E-state index is 0.147. The van der Waals surface area contributed by atoms with Crippen LogP contribution in [0.3, 0.4) is 0 Å². The van der Waals surface area contributed by atoms with Gasteiger partial charge in [0.15, 0.2) is 5.75 Å². The standard InChI is InChI=1S/C22H23FN4O4/c1-12(11-28)26-21(30)16-20(29)18-19-17(24-7-2-8-27(19)22(16)31)14(10-25-18)9-13-3-5-15(23)6-4-13/h3-6,10,12,24,28-29H,2,7-9,11H2,1H3,(H,26,30)/t12-/m0/s1. The number of anilines is 1. The molecule has 3 aromatic rings. The molecule has 0 saturated carbocycles. The first kappa shape index (κ1) is 20.8. The predicted octanol–water partition coefficient (Wildman–Crippen LogP) is 1.76. The Morgan fingerprint density at radius 2 is 2.10 bits per heavy atom. The molecule has 8 nitrogen and oxygen atoms in total. The fourth-order valence-corrected chi connectivity index (χ4v) is 3.79. The maximum atomic E-state index is 13.3. The summed E-state index contributed by atoms with van der Waals surface area (Å²) in [6.07, 6.45) is 2.68. The van der Waals surface area contributed by atoms with Gasteiger partial charge in [-0.2, -0.15) is 0 Å². The summed E-state index contributed by atoms with van der Waals surface area (Å²) in [5.74, 6) is -1.57. The van der Waals surface area contributed by atoms with Gasteiger partial charge in [0.1, 0.15) is 16.9 Å². The van der Waals surface area contributed by atoms with Crippen molar-refractivity contribution in [2.75, 3.05) is 18.5 Å². The molecule has 4 N–H and O–H groups in total. The number of aryl methyl sites for hydroxylation is 1. The number of aromatic hydroxyl groups is 1. The van der Waals surface area contributed by atoms with Crippen molar-refractivity contribution in [3.63, 3.8) is 0 Å². The molecule has 1 aliphatic heterocycles. The van der Waals surface area contributed by atoms with Crippen LogP contribution in [0.25, 0.3) is 11.0 Å². The van der Waals surface area contributed by atoms with Crippen molar-refractivity contribution in [1.82, 2.24) is 14.9 Å². The molecule has 0 unspecified atom stereocenters. The molecule has 162 valence electrons. The van der Waals surface area contributed by atoms with Crippen LogP contribution in [0, 0.1) is 5.82 Å². The molecule has 1 amide bonds. The Balaban J connectivity index is 1.88. The lowest BCUT2D eigenvalue weighted by Gasteiger charge is -2.18. The largest absolute Gasteiger partial charge is 0.505 e. The molecule has 1 aliphatic rings. The maximum absolute atomic E-state index is 13.3. The Hall–Kier alpha value is -3.46. The number of halogens is 1. The second-order valence-corrected chi connectivity index (χ2v) is 7.68. The van der Waals surface area contributed by atoms with Gasteiger partial charge in [-0.1, -0.05) is 12.1 Å². The van der Waals surface area contributed by atoms with Crippen molar-refractivity contribution in [3.05, 3.63) is 63.3 Å². The molecule has 31 heavy (non-hydrogen) atoms. The highest BCUT2D eigenvalue weighted by Crippen LogP contribution is 2.34. The highest BCUT2D eigenvalue weighted by atomic mass is 19.1. The first-order valence-electron chi connectivity index (χ1n) is 10.1. The topological polar surface area (TPSA) is 116 Å². The highest BCUT2D eigenvalue weighted by molar-refractivity contribution is 6.04. The third kappa shape index (κ3) is 3.84. The van der Waals surface area contributed by atoms with E-state index in [9.17, 15) is 24.2 Å². The maximum Gasteiger partial charge on any atom is 0.267 e. The third-order valence-electron chi connectivity index (χ3n) is 5.37. The van der Waals surface area contributed by atoms with E-state index in [1.807, 2.05) is 0 Å². The number of aromatic nitrogens is 2. The quantitative estimate of drug-likeness (QED) is 0.494. The zero-order valence-corrected chi connectivity index (χ0v) is 17.0. The summed E-state index contributed by atoms with van der Waals surface area (Å²) in [5.41, 5.74) is 1.91. The molecule has 2 aromatic heterocycles. The van der Waals surface area contributed by atoms with Gasteiger partial charge in [-0.05, 0) is 31.0 Å². The molecule has 3 heterocycles. The van der Waals surface area contributed by atoms with Crippen molar-refractivity contribution in [1.29, 1.82) is 0 Å². The molecule has 0 bridgehead atoms. The summed E-state index contributed by atoms with van der Waals surface area (Å²) in [4.78, 5) is 30.2. The van der Waals surface area contributed by atoms with E-state index in [0.29, 0.717) is 37.1 Å². The fraction of sp³-hybridized carbons (Fsp3) is 0.318. The number of aliphatic hydroxyl groups excluding tert-OH is 1. The first-order valence-corrected chi connectivity index (χ1v) is 10.1. The Labute approximate surface area is 177 Å². The van der Waals surface area contributed by atoms with Crippen LogP contribution in [-0.2, 0) is 13.0 Å². The van der Waals surface area contributed by atoms with Gasteiger partial charge in [0, 0.05) is 37.3 Å². The second-order valence-electron chi connectivity index (χ2n) is 7.68. The van der Waals surface area contributed by atoms with E-state index >= 15 is 0 Å². The average molecular weight is 426 g/mol. The lowest BCUT2D eigenvalue weighted by Crippen LogP contribution is -2.39. The molecule has 1 atom stereocenters. The van der Waals surface area contributed by atoms with Crippen LogP contribution < -0.4 is 16.2 Å². The molecule has 9 heteroatoms. The molecule has 1 aromatic carbocycles. The summed E-state index contributed by atoms with van der Waals surface area (Å²) < 4.78 is 14.7. The number of benzene rings is 1. The van der Waals surface area contributed by atoms with Gasteiger partial charge < -0.3 is 25.4 Å². The number of pyridine rings is 2. The zero-order chi connectivity index (χ0) is 22.1. The van der Waals surface area contributed by atoms with Crippen LogP contribution in [0.5, 0.6) is 5.75 Å². The van der Waals surface area contributed by atoms with Gasteiger partial charge >= 0.3 is 0 Å². The van der Waals surface area contributed by atoms with Gasteiger partial charge in [-0.3, -0.25) is 14.6 Å². The third-order valence-corrected chi connectivity index (χ3v) is 5.37. The summed E-state index contributed by atoms with van der Waals surface area (Å²) in [5, 5.41) is 25.8. The Bertz CT molecular complexity index is 1210. The Morgan fingerprint density at radius 1 is 1.35 bits per heavy atom. The van der Waals surface area contributed by atoms with Gasteiger partial charge in [0.05, 0.1) is 17.8 Å². The van der Waals surface area contributed by atoms with Gasteiger partial charge in [0.2, 0.25) is 0 Å². The van der Waals surface area contributed by atoms with Crippen molar-refractivity contribution in [2.45, 2.75) is 32.4 Å². The zero-order valence-electron chi connectivity index (χ0n) is 17.0. The molecular formula is C22H23FN4O4. The van der Waals surface area contributed by atoms with Crippen molar-refractivity contribution in [3.8, 4) is 5.75 Å². The van der Waals surface area contributed by atoms with E-state index in [-0.39, 0.29) is 23.5 Å². The van der Waals surface area contributed by atoms with Crippen LogP contribution in [0.15, 0.2) is 35.3 Å². The second kappa shape index (κ2) is 8.35. The van der Waals surface area contributed by atoms with Crippen molar-refractivity contribution >= 4 is 22.6 Å². The molecule has 0 spiro atoms. The van der Waals surface area contributed by atoms with E-state index in [2.05, 4.69) is 15.6 Å². The number of carbonyl (C=O) groups is 1. The average Bonchev–Trinajstić information content (AvgIpc) is 2.98. The molecule has 4 rings (SSSR count). The highest BCUT2D eigenvalue weighted by Gasteiger charge is 2.27. The van der Waals surface area contributed by atoms with Crippen LogP contribution in [0.1, 0.15) is 34.8 Å². The minimum Gasteiger partial charge on any atom is -0.505 e. The minimum atomic E-state index is -0.759. The molecule has 0 aliphatic carbocycles. The number of hydrogen-bond donors (Lipinski definition) is 4. The lowest BCUT2D eigenvalue weighted by atomic mass is 10.0. The number of nitrogens with one attached hydrogen (secondary N) is 2. The normalized spacial score (nSPS) is 14.0. The van der Waals surface area contributed by atoms with Crippen molar-refractivity contribution < 1.29 is 19.4 Å². The number of aliphatic hydroxyl groups is 1. The first-order chi connectivity index (χ1) is 14.9. The summed E-state index contributed by atoms with van der Waals surface area (Å²) >= 11 is 0. The Morgan fingerprint density at radius 3 is 2.81 bits per heavy atom. The molecule has 0 fully saturated rings. The smallest absolute Gasteiger partial charge is 0.267 e. The van der Waals surface area contributed by atoms with Crippen molar-refractivity contribution in [2.24, 2.45) is 0 Å². The fourth-order valence-electron chi connectivity index (χ4n) is 3.79. The SMILES string of the molecule is C[C@@H](CO)NC(=O)c1c(O)c2ncc(Cc3ccc(F)cc3)c3c2n(c1=O)CCCN3. The summed E-state index contributed by atoms with van der Waals surface area (Å²) in [6, 6.07) is 5.56. The van der Waals surface area contributed by atoms with E-state index < -0.39 is 23.3 Å². The number of nitrogens with zero attached hydrogens (tertiary/aromatic N) is 2. The molecule has 0 saturated heterocycles. The van der Waals surface area contributed by atoms with Gasteiger partial charge in [0.25, 0.3) is 11.5 Å². The number of carbonyl (C=O) groups excluding carboxylic acids is 1. The summed E-state index contributed by atoms with van der Waals surface area (Å²) in [7, 11) is 0. The molecular weight excluding hydrogens is 403 g/mol. The van der Waals surface area contributed by atoms with Crippen LogP contribution in [0.2, 0.25) is 0 Å². The van der Waals surface area contributed by atoms with Crippen LogP contribution in [-0.4, -0.2) is 44.9 Å². The van der Waals surface area contributed by atoms with Crippen LogP contribution in [0.4, 0.5) is 10.1 Å². The van der Waals surface area contributed by atoms with Gasteiger partial charge in [-0.25, -0.2) is 4.39 Å². The van der Waals surface area contributed by atoms with E-state index in [4.69, 9.17) is 0 Å². The lowest BCUT2D eigenvalue weighted by molar-refractivity contribution is 0.0917. The van der Waals surface area contributed by atoms with E-state index in [0.717, 1.165) is 11.1 Å². The number of hydrogen-bond acceptors (Lipinski definition) is 6. The molecule has 0 radical (unpaired) electrons. The summed E-state index contributed by atoms with van der Waals surface area (Å²) in [6.45, 7) is 2.24. The monoisotopic (exact) mass is 426 g/mol. The predicted molar refractivity (Wildman–Crippen MR) is 114 cm³/mol. The van der Waals surface area contributed by atoms with Gasteiger partial charge in [-0.15, -0.1) is 0 Å². The van der Waals surface area contributed by atoms with E-state index in [1.54, 1.807) is 25.3 Å². The van der Waals surface area contributed by atoms with E-state index in [1.165, 1.54) is 16.7 Å². The van der Waals surface area contributed by atoms with Crippen LogP contribution >= 0.6 is 0 Å². The number of rotatable bonds is 5.